The second-order valence-corrected chi connectivity index (χ2v) is 4.02. The number of hydrogen-bond acceptors (Lipinski definition) is 5. The first-order valence-electron chi connectivity index (χ1n) is 5.57. The van der Waals surface area contributed by atoms with Gasteiger partial charge in [-0.3, -0.25) is 4.79 Å². The standard InChI is InChI=1S/C14H9NO4/c16-9-6-4-8(5-7-9)14-15-13(18)12-10(17)2-1-3-11(12)19-14/h1-7,16-17H. The highest BCUT2D eigenvalue weighted by Crippen LogP contribution is 2.25. The third-order valence-corrected chi connectivity index (χ3v) is 2.74. The van der Waals surface area contributed by atoms with Gasteiger partial charge in [0.05, 0.1) is 0 Å². The highest BCUT2D eigenvalue weighted by Gasteiger charge is 2.11. The number of aromatic nitrogens is 1. The van der Waals surface area contributed by atoms with E-state index in [-0.39, 0.29) is 28.4 Å². The smallest absolute Gasteiger partial charge is 0.287 e. The van der Waals surface area contributed by atoms with E-state index in [9.17, 15) is 15.0 Å². The molecule has 3 aromatic rings. The monoisotopic (exact) mass is 255 g/mol. The van der Waals surface area contributed by atoms with Crippen LogP contribution < -0.4 is 5.56 Å². The fourth-order valence-electron chi connectivity index (χ4n) is 1.82. The highest BCUT2D eigenvalue weighted by molar-refractivity contribution is 5.82. The summed E-state index contributed by atoms with van der Waals surface area (Å²) in [5.41, 5.74) is 0.283. The minimum atomic E-state index is -0.553. The molecule has 0 amide bonds. The molecule has 0 spiro atoms. The minimum Gasteiger partial charge on any atom is -0.508 e. The van der Waals surface area contributed by atoms with Gasteiger partial charge in [-0.1, -0.05) is 6.07 Å². The van der Waals surface area contributed by atoms with Crippen LogP contribution in [-0.4, -0.2) is 15.2 Å². The molecule has 19 heavy (non-hydrogen) atoms. The van der Waals surface area contributed by atoms with Crippen molar-refractivity contribution in [3.05, 3.63) is 52.8 Å². The van der Waals surface area contributed by atoms with E-state index in [4.69, 9.17) is 4.42 Å². The summed E-state index contributed by atoms with van der Waals surface area (Å²) in [5.74, 6) is 0.101. The SMILES string of the molecule is O=c1nc(-c2ccc(O)cc2)oc2cccc(O)c12. The van der Waals surface area contributed by atoms with E-state index in [1.54, 1.807) is 24.3 Å². The normalized spacial score (nSPS) is 10.7. The number of hydrogen-bond donors (Lipinski definition) is 2. The van der Waals surface area contributed by atoms with E-state index in [0.717, 1.165) is 0 Å². The Morgan fingerprint density at radius 3 is 2.47 bits per heavy atom. The summed E-state index contributed by atoms with van der Waals surface area (Å²) in [4.78, 5) is 15.7. The summed E-state index contributed by atoms with van der Waals surface area (Å²) in [6.07, 6.45) is 0. The maximum Gasteiger partial charge on any atom is 0.287 e. The van der Waals surface area contributed by atoms with E-state index < -0.39 is 5.56 Å². The molecule has 5 heteroatoms. The molecule has 0 aliphatic rings. The third kappa shape index (κ3) is 1.91. The molecule has 0 saturated heterocycles. The van der Waals surface area contributed by atoms with E-state index in [0.29, 0.717) is 5.56 Å². The van der Waals surface area contributed by atoms with Crippen molar-refractivity contribution in [1.29, 1.82) is 0 Å². The van der Waals surface area contributed by atoms with Gasteiger partial charge in [-0.05, 0) is 36.4 Å². The van der Waals surface area contributed by atoms with Crippen LogP contribution in [0.5, 0.6) is 11.5 Å². The molecule has 0 aliphatic carbocycles. The van der Waals surface area contributed by atoms with Gasteiger partial charge in [-0.15, -0.1) is 0 Å². The average Bonchev–Trinajstić information content (AvgIpc) is 2.39. The van der Waals surface area contributed by atoms with Crippen molar-refractivity contribution >= 4 is 11.0 Å². The summed E-state index contributed by atoms with van der Waals surface area (Å²) >= 11 is 0. The van der Waals surface area contributed by atoms with Gasteiger partial charge in [0, 0.05) is 5.56 Å². The van der Waals surface area contributed by atoms with Gasteiger partial charge in [0.2, 0.25) is 5.89 Å². The van der Waals surface area contributed by atoms with Gasteiger partial charge in [-0.2, -0.15) is 4.98 Å². The van der Waals surface area contributed by atoms with Crippen LogP contribution >= 0.6 is 0 Å². The quantitative estimate of drug-likeness (QED) is 0.696. The van der Waals surface area contributed by atoms with Crippen LogP contribution in [0.2, 0.25) is 0 Å². The van der Waals surface area contributed by atoms with Crippen LogP contribution in [0.3, 0.4) is 0 Å². The first-order chi connectivity index (χ1) is 9.15. The number of benzene rings is 2. The summed E-state index contributed by atoms with van der Waals surface area (Å²) < 4.78 is 5.50. The van der Waals surface area contributed by atoms with Gasteiger partial charge >= 0.3 is 0 Å². The molecule has 0 aliphatic heterocycles. The summed E-state index contributed by atoms with van der Waals surface area (Å²) in [6, 6.07) is 10.7. The van der Waals surface area contributed by atoms with Crippen LogP contribution in [0.25, 0.3) is 22.4 Å². The zero-order valence-electron chi connectivity index (χ0n) is 9.70. The molecule has 0 atom stereocenters. The molecular weight excluding hydrogens is 246 g/mol. The number of fused-ring (bicyclic) bond motifs is 1. The van der Waals surface area contributed by atoms with E-state index in [1.165, 1.54) is 18.2 Å². The van der Waals surface area contributed by atoms with Crippen LogP contribution in [0.4, 0.5) is 0 Å². The molecule has 5 nitrogen and oxygen atoms in total. The van der Waals surface area contributed by atoms with E-state index in [2.05, 4.69) is 4.98 Å². The fourth-order valence-corrected chi connectivity index (χ4v) is 1.82. The Bertz CT molecular complexity index is 806. The Balaban J connectivity index is 2.27. The predicted octanol–water partition coefficient (Wildman–Crippen LogP) is 2.27. The van der Waals surface area contributed by atoms with Crippen molar-refractivity contribution < 1.29 is 14.6 Å². The second-order valence-electron chi connectivity index (χ2n) is 4.02. The summed E-state index contributed by atoms with van der Waals surface area (Å²) in [7, 11) is 0. The Labute approximate surface area is 107 Å². The summed E-state index contributed by atoms with van der Waals surface area (Å²) in [5, 5.41) is 18.9. The lowest BCUT2D eigenvalue weighted by atomic mass is 10.2. The maximum atomic E-state index is 11.9. The second kappa shape index (κ2) is 4.13. The molecule has 0 bridgehead atoms. The first-order valence-corrected chi connectivity index (χ1v) is 5.57. The lowest BCUT2D eigenvalue weighted by Crippen LogP contribution is -2.07. The Kier molecular flexibility index (Phi) is 2.45. The topological polar surface area (TPSA) is 83.6 Å². The Hall–Kier alpha value is -2.82. The van der Waals surface area contributed by atoms with Crippen LogP contribution in [0.15, 0.2) is 51.7 Å². The fraction of sp³-hybridized carbons (Fsp3) is 0. The predicted molar refractivity (Wildman–Crippen MR) is 69.0 cm³/mol. The zero-order chi connectivity index (χ0) is 13.4. The van der Waals surface area contributed by atoms with Crippen molar-refractivity contribution in [2.45, 2.75) is 0 Å². The first kappa shape index (κ1) is 11.3. The average molecular weight is 255 g/mol. The summed E-state index contributed by atoms with van der Waals surface area (Å²) in [6.45, 7) is 0. The van der Waals surface area contributed by atoms with Gasteiger partial charge in [0.25, 0.3) is 5.56 Å². The van der Waals surface area contributed by atoms with Crippen LogP contribution in [0.1, 0.15) is 0 Å². The number of rotatable bonds is 1. The lowest BCUT2D eigenvalue weighted by molar-refractivity contribution is 0.475. The van der Waals surface area contributed by atoms with E-state index >= 15 is 0 Å². The number of phenolic OH excluding ortho intramolecular Hbond substituents is 2. The van der Waals surface area contributed by atoms with Crippen LogP contribution in [0, 0.1) is 0 Å². The molecule has 2 N–H and O–H groups in total. The number of aromatic hydroxyl groups is 2. The van der Waals surface area contributed by atoms with Crippen molar-refractivity contribution in [2.75, 3.05) is 0 Å². The number of nitrogens with zero attached hydrogens (tertiary/aromatic N) is 1. The third-order valence-electron chi connectivity index (χ3n) is 2.74. The Morgan fingerprint density at radius 1 is 1.00 bits per heavy atom. The lowest BCUT2D eigenvalue weighted by Gasteiger charge is -2.03. The van der Waals surface area contributed by atoms with Crippen molar-refractivity contribution in [3.8, 4) is 23.0 Å². The minimum absolute atomic E-state index is 0.0602. The van der Waals surface area contributed by atoms with Gasteiger partial charge in [0.1, 0.15) is 22.5 Å². The van der Waals surface area contributed by atoms with Crippen molar-refractivity contribution in [3.63, 3.8) is 0 Å². The zero-order valence-corrected chi connectivity index (χ0v) is 9.70. The molecule has 3 rings (SSSR count). The van der Waals surface area contributed by atoms with E-state index in [1.807, 2.05) is 0 Å². The van der Waals surface area contributed by atoms with Gasteiger partial charge in [-0.25, -0.2) is 0 Å². The molecule has 1 aromatic heterocycles. The largest absolute Gasteiger partial charge is 0.508 e. The molecule has 2 aromatic carbocycles. The van der Waals surface area contributed by atoms with Crippen molar-refractivity contribution in [1.82, 2.24) is 4.98 Å². The molecule has 0 fully saturated rings. The Morgan fingerprint density at radius 2 is 1.74 bits per heavy atom. The molecular formula is C14H9NO4. The maximum absolute atomic E-state index is 11.9. The van der Waals surface area contributed by atoms with Crippen LogP contribution in [-0.2, 0) is 0 Å². The van der Waals surface area contributed by atoms with Gasteiger partial charge in [0.15, 0.2) is 0 Å². The molecule has 0 unspecified atom stereocenters. The van der Waals surface area contributed by atoms with Gasteiger partial charge < -0.3 is 14.6 Å². The number of phenols is 2. The molecule has 0 saturated carbocycles. The highest BCUT2D eigenvalue weighted by atomic mass is 16.3. The molecule has 94 valence electrons. The van der Waals surface area contributed by atoms with Crippen molar-refractivity contribution in [2.24, 2.45) is 0 Å². The molecule has 0 radical (unpaired) electrons. The molecule has 1 heterocycles.